The van der Waals surface area contributed by atoms with Crippen LogP contribution in [0, 0.1) is 6.92 Å². The molecule has 0 atom stereocenters. The maximum atomic E-state index is 12.2. The van der Waals surface area contributed by atoms with Crippen LogP contribution in [0.1, 0.15) is 36.0 Å². The van der Waals surface area contributed by atoms with Crippen molar-refractivity contribution in [3.05, 3.63) is 65.2 Å². The highest BCUT2D eigenvalue weighted by Gasteiger charge is 2.13. The number of hydrogen-bond donors (Lipinski definition) is 2. The second-order valence-corrected chi connectivity index (χ2v) is 6.84. The highest BCUT2D eigenvalue weighted by molar-refractivity contribution is 5.92. The van der Waals surface area contributed by atoms with Gasteiger partial charge in [0.2, 0.25) is 5.91 Å². The van der Waals surface area contributed by atoms with Gasteiger partial charge in [-0.2, -0.15) is 0 Å². The van der Waals surface area contributed by atoms with E-state index in [2.05, 4.69) is 17.4 Å². The lowest BCUT2D eigenvalue weighted by Crippen LogP contribution is -3.11. The van der Waals surface area contributed by atoms with Gasteiger partial charge in [0.05, 0.1) is 19.5 Å². The van der Waals surface area contributed by atoms with Crippen molar-refractivity contribution in [2.45, 2.75) is 39.2 Å². The van der Waals surface area contributed by atoms with Crippen LogP contribution in [0.3, 0.4) is 0 Å². The number of carbonyl (C=O) groups excluding carboxylic acids is 1. The zero-order valence-corrected chi connectivity index (χ0v) is 14.5. The molecule has 1 amide bonds. The van der Waals surface area contributed by atoms with Crippen LogP contribution >= 0.6 is 0 Å². The number of nitrogens with one attached hydrogen (secondary N) is 2. The first kappa shape index (κ1) is 16.7. The molecule has 0 saturated carbocycles. The normalized spacial score (nSPS) is 15.2. The summed E-state index contributed by atoms with van der Waals surface area (Å²) in [7, 11) is 0. The van der Waals surface area contributed by atoms with Crippen LogP contribution < -0.4 is 10.2 Å². The molecular formula is C21H27N2O+. The molecule has 3 nitrogen and oxygen atoms in total. The van der Waals surface area contributed by atoms with Crippen molar-refractivity contribution in [2.75, 3.05) is 18.4 Å². The fraction of sp³-hybridized carbons (Fsp3) is 0.381. The van der Waals surface area contributed by atoms with Crippen LogP contribution in [0.25, 0.3) is 0 Å². The van der Waals surface area contributed by atoms with Crippen LogP contribution in [0.5, 0.6) is 0 Å². The van der Waals surface area contributed by atoms with Crippen molar-refractivity contribution >= 4 is 11.6 Å². The summed E-state index contributed by atoms with van der Waals surface area (Å²) >= 11 is 0. The molecule has 0 unspecified atom stereocenters. The predicted octanol–water partition coefficient (Wildman–Crippen LogP) is 2.75. The summed E-state index contributed by atoms with van der Waals surface area (Å²) in [5, 5.41) is 3.00. The molecule has 2 N–H and O–H groups in total. The molecule has 1 heterocycles. The molecule has 0 aromatic heterocycles. The lowest BCUT2D eigenvalue weighted by atomic mass is 10.1. The number of carbonyl (C=O) groups is 1. The van der Waals surface area contributed by atoms with E-state index in [-0.39, 0.29) is 5.91 Å². The molecule has 3 rings (SSSR count). The van der Waals surface area contributed by atoms with E-state index in [4.69, 9.17) is 0 Å². The standard InChI is InChI=1S/C21H26N2O/c1-17-7-3-4-8-19(17)15-21(24)22-20-11-9-18(10-12-20)16-23-13-5-2-6-14-23/h3-4,7-12H,2,5-6,13-16H2,1H3,(H,22,24)/p+1. The van der Waals surface area contributed by atoms with Gasteiger partial charge >= 0.3 is 0 Å². The maximum Gasteiger partial charge on any atom is 0.228 e. The summed E-state index contributed by atoms with van der Waals surface area (Å²) in [6.07, 6.45) is 4.51. The minimum absolute atomic E-state index is 0.0405. The topological polar surface area (TPSA) is 33.5 Å². The number of rotatable bonds is 5. The Bertz CT molecular complexity index is 672. The Labute approximate surface area is 144 Å². The molecule has 1 aliphatic heterocycles. The molecule has 0 spiro atoms. The number of piperidine rings is 1. The third-order valence-electron chi connectivity index (χ3n) is 4.86. The highest BCUT2D eigenvalue weighted by atomic mass is 16.1. The summed E-state index contributed by atoms with van der Waals surface area (Å²) in [5.74, 6) is 0.0405. The number of hydrogen-bond acceptors (Lipinski definition) is 1. The highest BCUT2D eigenvalue weighted by Crippen LogP contribution is 2.12. The summed E-state index contributed by atoms with van der Waals surface area (Å²) in [4.78, 5) is 13.9. The van der Waals surface area contributed by atoms with E-state index in [1.807, 2.05) is 43.3 Å². The molecule has 0 radical (unpaired) electrons. The van der Waals surface area contributed by atoms with Crippen molar-refractivity contribution in [3.8, 4) is 0 Å². The zero-order chi connectivity index (χ0) is 16.8. The number of anilines is 1. The Hall–Kier alpha value is -2.13. The molecule has 2 aromatic rings. The molecule has 1 fully saturated rings. The largest absolute Gasteiger partial charge is 0.331 e. The molecule has 1 saturated heterocycles. The van der Waals surface area contributed by atoms with Gasteiger partial charge < -0.3 is 10.2 Å². The molecule has 0 aliphatic carbocycles. The van der Waals surface area contributed by atoms with Crippen molar-refractivity contribution in [1.82, 2.24) is 0 Å². The molecule has 2 aromatic carbocycles. The molecule has 24 heavy (non-hydrogen) atoms. The molecular weight excluding hydrogens is 296 g/mol. The first-order chi connectivity index (χ1) is 11.7. The van der Waals surface area contributed by atoms with Gasteiger partial charge in [0.1, 0.15) is 6.54 Å². The Balaban J connectivity index is 1.53. The lowest BCUT2D eigenvalue weighted by Gasteiger charge is -2.23. The van der Waals surface area contributed by atoms with Crippen molar-refractivity contribution < 1.29 is 9.69 Å². The average Bonchev–Trinajstić information content (AvgIpc) is 2.60. The van der Waals surface area contributed by atoms with E-state index in [1.54, 1.807) is 4.90 Å². The van der Waals surface area contributed by atoms with E-state index in [0.717, 1.165) is 23.4 Å². The van der Waals surface area contributed by atoms with E-state index in [1.165, 1.54) is 37.9 Å². The summed E-state index contributed by atoms with van der Waals surface area (Å²) in [5.41, 5.74) is 4.47. The fourth-order valence-electron chi connectivity index (χ4n) is 3.41. The van der Waals surface area contributed by atoms with E-state index >= 15 is 0 Å². The van der Waals surface area contributed by atoms with Gasteiger partial charge in [0.25, 0.3) is 0 Å². The smallest absolute Gasteiger partial charge is 0.228 e. The lowest BCUT2D eigenvalue weighted by molar-refractivity contribution is -0.918. The van der Waals surface area contributed by atoms with E-state index in [0.29, 0.717) is 6.42 Å². The maximum absolute atomic E-state index is 12.2. The summed E-state index contributed by atoms with van der Waals surface area (Å²) in [6.45, 7) is 5.71. The average molecular weight is 323 g/mol. The molecule has 1 aliphatic rings. The minimum Gasteiger partial charge on any atom is -0.331 e. The Kier molecular flexibility index (Phi) is 5.65. The molecule has 126 valence electrons. The minimum atomic E-state index is 0.0405. The number of likely N-dealkylation sites (tertiary alicyclic amines) is 1. The zero-order valence-electron chi connectivity index (χ0n) is 14.5. The van der Waals surface area contributed by atoms with Gasteiger partial charge in [-0.15, -0.1) is 0 Å². The Morgan fingerprint density at radius 1 is 1.00 bits per heavy atom. The Morgan fingerprint density at radius 3 is 2.42 bits per heavy atom. The third-order valence-corrected chi connectivity index (χ3v) is 4.86. The van der Waals surface area contributed by atoms with Crippen molar-refractivity contribution in [3.63, 3.8) is 0 Å². The second kappa shape index (κ2) is 8.11. The monoisotopic (exact) mass is 323 g/mol. The number of amides is 1. The van der Waals surface area contributed by atoms with Gasteiger partial charge in [0.15, 0.2) is 0 Å². The summed E-state index contributed by atoms with van der Waals surface area (Å²) in [6, 6.07) is 16.4. The number of aryl methyl sites for hydroxylation is 1. The molecule has 3 heteroatoms. The first-order valence-electron chi connectivity index (χ1n) is 8.97. The van der Waals surface area contributed by atoms with Crippen LogP contribution in [0.15, 0.2) is 48.5 Å². The number of benzene rings is 2. The van der Waals surface area contributed by atoms with Gasteiger partial charge in [0, 0.05) is 11.3 Å². The molecule has 0 bridgehead atoms. The van der Waals surface area contributed by atoms with Gasteiger partial charge in [-0.3, -0.25) is 4.79 Å². The van der Waals surface area contributed by atoms with E-state index < -0.39 is 0 Å². The number of quaternary nitrogens is 1. The van der Waals surface area contributed by atoms with Crippen molar-refractivity contribution in [2.24, 2.45) is 0 Å². The van der Waals surface area contributed by atoms with Gasteiger partial charge in [-0.1, -0.05) is 36.4 Å². The Morgan fingerprint density at radius 2 is 1.71 bits per heavy atom. The van der Waals surface area contributed by atoms with Gasteiger partial charge in [-0.25, -0.2) is 0 Å². The van der Waals surface area contributed by atoms with Crippen LogP contribution in [0.4, 0.5) is 5.69 Å². The van der Waals surface area contributed by atoms with Crippen LogP contribution in [-0.2, 0) is 17.8 Å². The third kappa shape index (κ3) is 4.68. The van der Waals surface area contributed by atoms with Crippen LogP contribution in [0.2, 0.25) is 0 Å². The van der Waals surface area contributed by atoms with Crippen molar-refractivity contribution in [1.29, 1.82) is 0 Å². The fourth-order valence-corrected chi connectivity index (χ4v) is 3.41. The first-order valence-corrected chi connectivity index (χ1v) is 8.97. The van der Waals surface area contributed by atoms with E-state index in [9.17, 15) is 4.79 Å². The SMILES string of the molecule is Cc1ccccc1CC(=O)Nc1ccc(C[NH+]2CCCCC2)cc1. The van der Waals surface area contributed by atoms with Gasteiger partial charge in [-0.05, 0) is 49.4 Å². The quantitative estimate of drug-likeness (QED) is 0.871. The predicted molar refractivity (Wildman–Crippen MR) is 98.2 cm³/mol. The summed E-state index contributed by atoms with van der Waals surface area (Å²) < 4.78 is 0. The second-order valence-electron chi connectivity index (χ2n) is 6.84. The van der Waals surface area contributed by atoms with Crippen LogP contribution in [-0.4, -0.2) is 19.0 Å².